The van der Waals surface area contributed by atoms with Gasteiger partial charge in [0, 0.05) is 28.7 Å². The fourth-order valence-electron chi connectivity index (χ4n) is 2.62. The number of aromatic nitrogens is 1. The van der Waals surface area contributed by atoms with Gasteiger partial charge in [-0.25, -0.2) is 0 Å². The number of thioether (sulfide) groups is 1. The summed E-state index contributed by atoms with van der Waals surface area (Å²) in [5.41, 5.74) is 8.66. The zero-order chi connectivity index (χ0) is 19.2. The van der Waals surface area contributed by atoms with Crippen molar-refractivity contribution in [1.29, 1.82) is 5.26 Å². The monoisotopic (exact) mass is 395 g/mol. The summed E-state index contributed by atoms with van der Waals surface area (Å²) in [5, 5.41) is 15.6. The Hall–Kier alpha value is -3.02. The Morgan fingerprint density at radius 3 is 2.78 bits per heavy atom. The van der Waals surface area contributed by atoms with Crippen molar-refractivity contribution in [3.63, 3.8) is 0 Å². The number of benzene rings is 1. The van der Waals surface area contributed by atoms with Crippen LogP contribution in [0.25, 0.3) is 10.4 Å². The van der Waals surface area contributed by atoms with Gasteiger partial charge in [0.05, 0.1) is 10.6 Å². The van der Waals surface area contributed by atoms with Crippen LogP contribution < -0.4 is 17.1 Å². The lowest BCUT2D eigenvalue weighted by atomic mass is 10.1. The van der Waals surface area contributed by atoms with E-state index in [-0.39, 0.29) is 5.56 Å². The molecule has 3 aromatic rings. The van der Waals surface area contributed by atoms with E-state index >= 15 is 0 Å². The molecule has 0 aliphatic heterocycles. The Morgan fingerprint density at radius 1 is 1.26 bits per heavy atom. The first-order valence-electron chi connectivity index (χ1n) is 8.05. The number of hydrogen-bond acceptors (Lipinski definition) is 6. The predicted molar refractivity (Wildman–Crippen MR) is 111 cm³/mol. The molecule has 0 atom stereocenters. The first kappa shape index (κ1) is 18.8. The number of hydrazone groups is 1. The summed E-state index contributed by atoms with van der Waals surface area (Å²) in [5.74, 6) is 6.15. The maximum absolute atomic E-state index is 12.1. The molecule has 0 amide bonds. The molecule has 0 aliphatic rings. The average molecular weight is 396 g/mol. The molecule has 2 heterocycles. The lowest BCUT2D eigenvalue weighted by molar-refractivity contribution is 1.06. The molecular weight excluding hydrogens is 378 g/mol. The predicted octanol–water partition coefficient (Wildman–Crippen LogP) is 3.04. The van der Waals surface area contributed by atoms with Gasteiger partial charge in [-0.15, -0.1) is 23.1 Å². The van der Waals surface area contributed by atoms with Gasteiger partial charge >= 0.3 is 0 Å². The smallest absolute Gasteiger partial charge is 0.249 e. The number of H-pyrrole nitrogens is 1. The SMILES string of the molecule is N#Cc1c(-c2cccs2)cc(=O)[nH]c1SCc1cccc(C/C(N)=N/N)c1. The van der Waals surface area contributed by atoms with E-state index in [4.69, 9.17) is 11.6 Å². The fourth-order valence-corrected chi connectivity index (χ4v) is 4.33. The van der Waals surface area contributed by atoms with Crippen molar-refractivity contribution in [2.24, 2.45) is 16.7 Å². The molecule has 0 radical (unpaired) electrons. The molecule has 0 fully saturated rings. The minimum atomic E-state index is -0.222. The zero-order valence-electron chi connectivity index (χ0n) is 14.3. The van der Waals surface area contributed by atoms with E-state index in [9.17, 15) is 10.1 Å². The number of hydrogen-bond donors (Lipinski definition) is 3. The van der Waals surface area contributed by atoms with E-state index in [1.54, 1.807) is 0 Å². The second-order valence-electron chi connectivity index (χ2n) is 5.75. The van der Waals surface area contributed by atoms with Gasteiger partial charge in [0.25, 0.3) is 0 Å². The molecule has 1 aromatic carbocycles. The Bertz CT molecular complexity index is 1060. The Morgan fingerprint density at radius 2 is 2.07 bits per heavy atom. The van der Waals surface area contributed by atoms with Gasteiger partial charge in [-0.1, -0.05) is 30.3 Å². The number of pyridine rings is 1. The van der Waals surface area contributed by atoms with Crippen molar-refractivity contribution in [1.82, 2.24) is 4.98 Å². The van der Waals surface area contributed by atoms with Crippen LogP contribution in [-0.2, 0) is 12.2 Å². The minimum Gasteiger partial charge on any atom is -0.385 e. The highest BCUT2D eigenvalue weighted by Gasteiger charge is 2.14. The van der Waals surface area contributed by atoms with Crippen LogP contribution in [0, 0.1) is 11.3 Å². The standard InChI is InChI=1S/C19H17N5OS2/c20-10-15-14(16-5-2-6-26-16)9-18(25)23-19(15)27-11-13-4-1-3-12(7-13)8-17(21)24-22/h1-7,9H,8,11,22H2,(H2,21,24)(H,23,25). The molecule has 5 N–H and O–H groups in total. The maximum atomic E-state index is 12.1. The number of nitriles is 1. The largest absolute Gasteiger partial charge is 0.385 e. The van der Waals surface area contributed by atoms with Crippen molar-refractivity contribution < 1.29 is 0 Å². The summed E-state index contributed by atoms with van der Waals surface area (Å²) in [6, 6.07) is 15.4. The lowest BCUT2D eigenvalue weighted by Crippen LogP contribution is -2.16. The van der Waals surface area contributed by atoms with Gasteiger partial charge in [0.1, 0.15) is 11.9 Å². The summed E-state index contributed by atoms with van der Waals surface area (Å²) >= 11 is 2.92. The summed E-state index contributed by atoms with van der Waals surface area (Å²) in [6.07, 6.45) is 0.475. The Balaban J connectivity index is 1.86. The van der Waals surface area contributed by atoms with Gasteiger partial charge in [0.2, 0.25) is 5.56 Å². The molecular formula is C19H17N5OS2. The van der Waals surface area contributed by atoms with E-state index in [0.29, 0.717) is 34.2 Å². The Kier molecular flexibility index (Phi) is 5.96. The topological polar surface area (TPSA) is 121 Å². The first-order valence-corrected chi connectivity index (χ1v) is 9.91. The number of rotatable bonds is 6. The number of aromatic amines is 1. The van der Waals surface area contributed by atoms with Gasteiger partial charge in [-0.2, -0.15) is 10.4 Å². The normalized spacial score (nSPS) is 11.3. The van der Waals surface area contributed by atoms with Crippen LogP contribution in [0.15, 0.2) is 62.8 Å². The van der Waals surface area contributed by atoms with Crippen LogP contribution in [-0.4, -0.2) is 10.8 Å². The third kappa shape index (κ3) is 4.58. The Labute approximate surface area is 164 Å². The van der Waals surface area contributed by atoms with Gasteiger partial charge in [0.15, 0.2) is 0 Å². The van der Waals surface area contributed by atoms with E-state index in [0.717, 1.165) is 16.0 Å². The van der Waals surface area contributed by atoms with Gasteiger partial charge in [-0.05, 0) is 22.6 Å². The van der Waals surface area contributed by atoms with Gasteiger partial charge in [-0.3, -0.25) is 4.79 Å². The molecule has 27 heavy (non-hydrogen) atoms. The van der Waals surface area contributed by atoms with Crippen LogP contribution in [0.3, 0.4) is 0 Å². The second kappa shape index (κ2) is 8.58. The van der Waals surface area contributed by atoms with Crippen LogP contribution in [0.5, 0.6) is 0 Å². The summed E-state index contributed by atoms with van der Waals surface area (Å²) in [6.45, 7) is 0. The summed E-state index contributed by atoms with van der Waals surface area (Å²) in [7, 11) is 0. The molecule has 0 unspecified atom stereocenters. The number of nitrogens with two attached hydrogens (primary N) is 2. The minimum absolute atomic E-state index is 0.222. The van der Waals surface area contributed by atoms with Crippen molar-refractivity contribution in [2.45, 2.75) is 17.2 Å². The molecule has 6 nitrogen and oxygen atoms in total. The number of nitrogens with zero attached hydrogens (tertiary/aromatic N) is 2. The third-order valence-electron chi connectivity index (χ3n) is 3.83. The number of thiophene rings is 1. The first-order chi connectivity index (χ1) is 13.1. The van der Waals surface area contributed by atoms with E-state index in [1.165, 1.54) is 29.2 Å². The van der Waals surface area contributed by atoms with Crippen molar-refractivity contribution in [2.75, 3.05) is 0 Å². The molecule has 0 saturated carbocycles. The number of nitrogens with one attached hydrogen (secondary N) is 1. The second-order valence-corrected chi connectivity index (χ2v) is 7.68. The molecule has 0 bridgehead atoms. The number of amidine groups is 1. The third-order valence-corrected chi connectivity index (χ3v) is 5.81. The van der Waals surface area contributed by atoms with Gasteiger partial charge < -0.3 is 16.6 Å². The average Bonchev–Trinajstić information content (AvgIpc) is 3.20. The van der Waals surface area contributed by atoms with Crippen LogP contribution in [0.1, 0.15) is 16.7 Å². The molecule has 3 rings (SSSR count). The highest BCUT2D eigenvalue weighted by Crippen LogP contribution is 2.32. The molecule has 136 valence electrons. The van der Waals surface area contributed by atoms with Crippen molar-refractivity contribution in [3.05, 3.63) is 74.9 Å². The van der Waals surface area contributed by atoms with E-state index in [1.807, 2.05) is 41.8 Å². The summed E-state index contributed by atoms with van der Waals surface area (Å²) < 4.78 is 0. The van der Waals surface area contributed by atoms with Crippen molar-refractivity contribution in [3.8, 4) is 16.5 Å². The fraction of sp³-hybridized carbons (Fsp3) is 0.105. The van der Waals surface area contributed by atoms with E-state index < -0.39 is 0 Å². The van der Waals surface area contributed by atoms with Crippen LogP contribution >= 0.6 is 23.1 Å². The highest BCUT2D eigenvalue weighted by molar-refractivity contribution is 7.98. The molecule has 0 aliphatic carbocycles. The maximum Gasteiger partial charge on any atom is 0.249 e. The van der Waals surface area contributed by atoms with Crippen molar-refractivity contribution >= 4 is 28.9 Å². The summed E-state index contributed by atoms with van der Waals surface area (Å²) in [4.78, 5) is 15.8. The lowest BCUT2D eigenvalue weighted by Gasteiger charge is -2.09. The molecule has 0 spiro atoms. The molecule has 8 heteroatoms. The molecule has 0 saturated heterocycles. The zero-order valence-corrected chi connectivity index (χ0v) is 15.9. The highest BCUT2D eigenvalue weighted by atomic mass is 32.2. The van der Waals surface area contributed by atoms with E-state index in [2.05, 4.69) is 16.2 Å². The van der Waals surface area contributed by atoms with Crippen LogP contribution in [0.4, 0.5) is 0 Å². The molecule has 2 aromatic heterocycles. The quantitative estimate of drug-likeness (QED) is 0.195. The van der Waals surface area contributed by atoms with Crippen LogP contribution in [0.2, 0.25) is 0 Å².